The molecule has 1 aliphatic rings. The Hall–Kier alpha value is -1.80. The van der Waals surface area contributed by atoms with Crippen LogP contribution in [0, 0.1) is 0 Å². The van der Waals surface area contributed by atoms with Crippen LogP contribution in [0.5, 0.6) is 5.75 Å². The van der Waals surface area contributed by atoms with Gasteiger partial charge in [0.05, 0.1) is 6.61 Å². The Bertz CT molecular complexity index is 661. The fourth-order valence-electron chi connectivity index (χ4n) is 4.32. The first-order valence-electron chi connectivity index (χ1n) is 11.8. The first-order chi connectivity index (χ1) is 14.3. The third kappa shape index (κ3) is 8.22. The van der Waals surface area contributed by atoms with Gasteiger partial charge in [-0.25, -0.2) is 0 Å². The number of unbranched alkanes of at least 4 members (excludes halogenated alkanes) is 4. The van der Waals surface area contributed by atoms with Crippen LogP contribution in [0.3, 0.4) is 0 Å². The molecule has 1 fully saturated rings. The minimum Gasteiger partial charge on any atom is -0.494 e. The SMILES string of the molecule is CC(Cc1ccccc1)c1ccc(OCCCCCCCN2CCCCC2)cc1. The second-order valence-electron chi connectivity index (χ2n) is 8.68. The van der Waals surface area contributed by atoms with Gasteiger partial charge >= 0.3 is 0 Å². The van der Waals surface area contributed by atoms with Crippen LogP contribution >= 0.6 is 0 Å². The highest BCUT2D eigenvalue weighted by Gasteiger charge is 2.09. The van der Waals surface area contributed by atoms with Crippen molar-refractivity contribution in [1.29, 1.82) is 0 Å². The fraction of sp³-hybridized carbons (Fsp3) is 0.556. The van der Waals surface area contributed by atoms with E-state index in [0.717, 1.165) is 25.2 Å². The molecule has 1 saturated heterocycles. The summed E-state index contributed by atoms with van der Waals surface area (Å²) < 4.78 is 5.95. The van der Waals surface area contributed by atoms with Gasteiger partial charge in [-0.3, -0.25) is 0 Å². The molecule has 0 saturated carbocycles. The molecular weight excluding hydrogens is 354 g/mol. The number of hydrogen-bond donors (Lipinski definition) is 0. The molecule has 3 rings (SSSR count). The van der Waals surface area contributed by atoms with E-state index < -0.39 is 0 Å². The highest BCUT2D eigenvalue weighted by molar-refractivity contribution is 5.30. The van der Waals surface area contributed by atoms with Gasteiger partial charge < -0.3 is 9.64 Å². The van der Waals surface area contributed by atoms with Crippen LogP contribution in [0.1, 0.15) is 75.3 Å². The van der Waals surface area contributed by atoms with Crippen molar-refractivity contribution in [1.82, 2.24) is 4.90 Å². The lowest BCUT2D eigenvalue weighted by atomic mass is 9.94. The number of benzene rings is 2. The second kappa shape index (κ2) is 12.7. The Kier molecular flexibility index (Phi) is 9.59. The van der Waals surface area contributed by atoms with Gasteiger partial charge in [0.2, 0.25) is 0 Å². The van der Waals surface area contributed by atoms with E-state index in [9.17, 15) is 0 Å². The largest absolute Gasteiger partial charge is 0.494 e. The molecule has 0 N–H and O–H groups in total. The van der Waals surface area contributed by atoms with Crippen LogP contribution in [0.15, 0.2) is 54.6 Å². The van der Waals surface area contributed by atoms with Gasteiger partial charge in [0.15, 0.2) is 0 Å². The van der Waals surface area contributed by atoms with E-state index in [4.69, 9.17) is 4.74 Å². The Morgan fingerprint density at radius 3 is 2.24 bits per heavy atom. The molecule has 1 heterocycles. The molecule has 0 bridgehead atoms. The van der Waals surface area contributed by atoms with Gasteiger partial charge in [-0.15, -0.1) is 0 Å². The topological polar surface area (TPSA) is 12.5 Å². The third-order valence-corrected chi connectivity index (χ3v) is 6.17. The maximum atomic E-state index is 5.95. The minimum absolute atomic E-state index is 0.524. The van der Waals surface area contributed by atoms with Gasteiger partial charge in [0.1, 0.15) is 5.75 Å². The van der Waals surface area contributed by atoms with Crippen LogP contribution < -0.4 is 4.74 Å². The van der Waals surface area contributed by atoms with Crippen LogP contribution in [0.2, 0.25) is 0 Å². The molecule has 1 atom stereocenters. The highest BCUT2D eigenvalue weighted by Crippen LogP contribution is 2.23. The number of nitrogens with zero attached hydrogens (tertiary/aromatic N) is 1. The van der Waals surface area contributed by atoms with E-state index in [1.807, 2.05) is 0 Å². The van der Waals surface area contributed by atoms with Crippen molar-refractivity contribution >= 4 is 0 Å². The Labute approximate surface area is 178 Å². The molecule has 2 aromatic carbocycles. The summed E-state index contributed by atoms with van der Waals surface area (Å²) in [6, 6.07) is 19.5. The predicted octanol–water partition coefficient (Wildman–Crippen LogP) is 6.85. The van der Waals surface area contributed by atoms with Crippen molar-refractivity contribution in [2.75, 3.05) is 26.2 Å². The first-order valence-corrected chi connectivity index (χ1v) is 11.8. The number of likely N-dealkylation sites (tertiary alicyclic amines) is 1. The molecular formula is C27H39NO. The summed E-state index contributed by atoms with van der Waals surface area (Å²) in [6.45, 7) is 7.11. The van der Waals surface area contributed by atoms with Gasteiger partial charge in [-0.2, -0.15) is 0 Å². The lowest BCUT2D eigenvalue weighted by Crippen LogP contribution is -2.30. The average molecular weight is 394 g/mol. The van der Waals surface area contributed by atoms with Crippen molar-refractivity contribution in [3.8, 4) is 5.75 Å². The quantitative estimate of drug-likeness (QED) is 0.366. The maximum Gasteiger partial charge on any atom is 0.119 e. The van der Waals surface area contributed by atoms with Crippen molar-refractivity contribution in [3.63, 3.8) is 0 Å². The van der Waals surface area contributed by atoms with E-state index >= 15 is 0 Å². The zero-order valence-corrected chi connectivity index (χ0v) is 18.3. The zero-order chi connectivity index (χ0) is 20.2. The lowest BCUT2D eigenvalue weighted by molar-refractivity contribution is 0.223. The fourth-order valence-corrected chi connectivity index (χ4v) is 4.32. The Morgan fingerprint density at radius 1 is 0.793 bits per heavy atom. The normalized spacial score (nSPS) is 15.9. The monoisotopic (exact) mass is 393 g/mol. The van der Waals surface area contributed by atoms with Gasteiger partial charge in [0.25, 0.3) is 0 Å². The third-order valence-electron chi connectivity index (χ3n) is 6.17. The lowest BCUT2D eigenvalue weighted by Gasteiger charge is -2.26. The summed E-state index contributed by atoms with van der Waals surface area (Å²) in [5.74, 6) is 1.53. The molecule has 1 unspecified atom stereocenters. The summed E-state index contributed by atoms with van der Waals surface area (Å²) in [6.07, 6.45) is 11.8. The molecule has 0 aliphatic carbocycles. The molecule has 2 heteroatoms. The summed E-state index contributed by atoms with van der Waals surface area (Å²) in [7, 11) is 0. The van der Waals surface area contributed by atoms with Crippen LogP contribution in [-0.2, 0) is 6.42 Å². The van der Waals surface area contributed by atoms with Crippen LogP contribution in [0.4, 0.5) is 0 Å². The smallest absolute Gasteiger partial charge is 0.119 e. The van der Waals surface area contributed by atoms with E-state index in [1.54, 1.807) is 0 Å². The molecule has 158 valence electrons. The van der Waals surface area contributed by atoms with Gasteiger partial charge in [-0.05, 0) is 80.9 Å². The van der Waals surface area contributed by atoms with E-state index in [2.05, 4.69) is 66.4 Å². The minimum atomic E-state index is 0.524. The van der Waals surface area contributed by atoms with Gasteiger partial charge in [0, 0.05) is 0 Å². The second-order valence-corrected chi connectivity index (χ2v) is 8.68. The van der Waals surface area contributed by atoms with Crippen molar-refractivity contribution in [2.45, 2.75) is 70.6 Å². The molecule has 2 aromatic rings. The van der Waals surface area contributed by atoms with Crippen LogP contribution in [-0.4, -0.2) is 31.1 Å². The molecule has 1 aliphatic heterocycles. The molecule has 0 aromatic heterocycles. The highest BCUT2D eigenvalue weighted by atomic mass is 16.5. The molecule has 0 radical (unpaired) electrons. The maximum absolute atomic E-state index is 5.95. The Balaban J connectivity index is 1.24. The van der Waals surface area contributed by atoms with Crippen LogP contribution in [0.25, 0.3) is 0 Å². The predicted molar refractivity (Wildman–Crippen MR) is 124 cm³/mol. The van der Waals surface area contributed by atoms with Crippen molar-refractivity contribution in [2.24, 2.45) is 0 Å². The molecule has 29 heavy (non-hydrogen) atoms. The summed E-state index contributed by atoms with van der Waals surface area (Å²) >= 11 is 0. The molecule has 0 spiro atoms. The van der Waals surface area contributed by atoms with E-state index in [1.165, 1.54) is 75.7 Å². The number of rotatable bonds is 12. The number of piperidine rings is 1. The molecule has 2 nitrogen and oxygen atoms in total. The van der Waals surface area contributed by atoms with Gasteiger partial charge in [-0.1, -0.05) is 75.1 Å². The molecule has 0 amide bonds. The van der Waals surface area contributed by atoms with Crippen molar-refractivity contribution in [3.05, 3.63) is 65.7 Å². The standard InChI is InChI=1S/C27H39NO/c1-24(23-25-13-7-5-8-14-25)26-15-17-27(18-16-26)29-22-12-4-2-3-9-19-28-20-10-6-11-21-28/h5,7-8,13-18,24H,2-4,6,9-12,19-23H2,1H3. The summed E-state index contributed by atoms with van der Waals surface area (Å²) in [4.78, 5) is 2.65. The Morgan fingerprint density at radius 2 is 1.48 bits per heavy atom. The van der Waals surface area contributed by atoms with E-state index in [0.29, 0.717) is 5.92 Å². The number of hydrogen-bond acceptors (Lipinski definition) is 2. The summed E-state index contributed by atoms with van der Waals surface area (Å²) in [5.41, 5.74) is 2.78. The first kappa shape index (κ1) is 21.9. The average Bonchev–Trinajstić information content (AvgIpc) is 2.77. The zero-order valence-electron chi connectivity index (χ0n) is 18.3. The van der Waals surface area contributed by atoms with Crippen molar-refractivity contribution < 1.29 is 4.74 Å². The number of ether oxygens (including phenoxy) is 1. The summed E-state index contributed by atoms with van der Waals surface area (Å²) in [5, 5.41) is 0. The van der Waals surface area contributed by atoms with E-state index in [-0.39, 0.29) is 0 Å².